The zero-order chi connectivity index (χ0) is 15.7. The molecule has 1 aromatic carbocycles. The van der Waals surface area contributed by atoms with E-state index in [0.29, 0.717) is 23.2 Å². The van der Waals surface area contributed by atoms with Gasteiger partial charge in [0.05, 0.1) is 5.75 Å². The number of fused-ring (bicyclic) bond motifs is 2. The molecule has 22 heavy (non-hydrogen) atoms. The van der Waals surface area contributed by atoms with Gasteiger partial charge in [0, 0.05) is 17.3 Å². The van der Waals surface area contributed by atoms with Crippen molar-refractivity contribution in [1.82, 2.24) is 5.32 Å². The van der Waals surface area contributed by atoms with Crippen LogP contribution in [0.4, 0.5) is 5.69 Å². The lowest BCUT2D eigenvalue weighted by atomic mass is 9.95. The summed E-state index contributed by atoms with van der Waals surface area (Å²) in [6.45, 7) is 1.58. The first kappa shape index (κ1) is 15.3. The highest BCUT2D eigenvalue weighted by atomic mass is 32.2. The van der Waals surface area contributed by atoms with Crippen LogP contribution in [0, 0.1) is 11.8 Å². The number of hydrogen-bond donors (Lipinski definition) is 2. The normalized spacial score (nSPS) is 26.9. The maximum absolute atomic E-state index is 12.3. The molecule has 2 bridgehead atoms. The molecule has 0 saturated heterocycles. The average Bonchev–Trinajstić information content (AvgIpc) is 3.10. The predicted molar refractivity (Wildman–Crippen MR) is 86.2 cm³/mol. The lowest BCUT2D eigenvalue weighted by Crippen LogP contribution is -2.38. The molecule has 0 aromatic heterocycles. The summed E-state index contributed by atoms with van der Waals surface area (Å²) in [5, 5.41) is 3.13. The fraction of sp³-hybridized carbons (Fsp3) is 0.562. The van der Waals surface area contributed by atoms with E-state index in [1.807, 2.05) is 0 Å². The van der Waals surface area contributed by atoms with Gasteiger partial charge in [-0.1, -0.05) is 6.42 Å². The molecule has 2 N–H and O–H groups in total. The fourth-order valence-electron chi connectivity index (χ4n) is 3.61. The topological polar surface area (TPSA) is 75.3 Å². The van der Waals surface area contributed by atoms with Gasteiger partial charge < -0.3 is 5.32 Å². The number of nitrogens with one attached hydrogen (secondary N) is 2. The van der Waals surface area contributed by atoms with Crippen LogP contribution < -0.4 is 10.0 Å². The van der Waals surface area contributed by atoms with Crippen molar-refractivity contribution in [1.29, 1.82) is 0 Å². The summed E-state index contributed by atoms with van der Waals surface area (Å²) >= 11 is 0. The number of rotatable bonds is 5. The Labute approximate surface area is 131 Å². The van der Waals surface area contributed by atoms with Crippen LogP contribution in [0.5, 0.6) is 0 Å². The summed E-state index contributed by atoms with van der Waals surface area (Å²) in [6.07, 6.45) is 4.89. The molecule has 6 heteroatoms. The molecule has 2 aliphatic carbocycles. The van der Waals surface area contributed by atoms with E-state index < -0.39 is 10.0 Å². The predicted octanol–water partition coefficient (Wildman–Crippen LogP) is 2.37. The highest BCUT2D eigenvalue weighted by molar-refractivity contribution is 7.92. The van der Waals surface area contributed by atoms with Crippen LogP contribution in [0.1, 0.15) is 43.0 Å². The van der Waals surface area contributed by atoms with Crippen LogP contribution in [0.3, 0.4) is 0 Å². The summed E-state index contributed by atoms with van der Waals surface area (Å²) in [7, 11) is -3.28. The Balaban J connectivity index is 1.61. The molecule has 3 atom stereocenters. The second-order valence-corrected chi connectivity index (χ2v) is 8.35. The SMILES string of the molecule is CCS(=O)(=O)Nc1ccc(C(=O)N[C@@H]2C[C@@H]3CC[C@@H]2C3)cc1. The van der Waals surface area contributed by atoms with Gasteiger partial charge in [-0.05, 0) is 62.3 Å². The number of carbonyl (C=O) groups is 1. The number of amides is 1. The van der Waals surface area contributed by atoms with E-state index in [1.165, 1.54) is 19.3 Å². The zero-order valence-corrected chi connectivity index (χ0v) is 13.5. The smallest absolute Gasteiger partial charge is 0.251 e. The van der Waals surface area contributed by atoms with Crippen molar-refractivity contribution >= 4 is 21.6 Å². The van der Waals surface area contributed by atoms with Crippen LogP contribution in [-0.4, -0.2) is 26.1 Å². The first-order valence-electron chi connectivity index (χ1n) is 7.88. The van der Waals surface area contributed by atoms with E-state index in [0.717, 1.165) is 12.3 Å². The molecule has 120 valence electrons. The number of anilines is 1. The molecule has 0 radical (unpaired) electrons. The summed E-state index contributed by atoms with van der Waals surface area (Å²) in [5.41, 5.74) is 1.06. The van der Waals surface area contributed by atoms with Gasteiger partial charge in [-0.2, -0.15) is 0 Å². The molecule has 2 saturated carbocycles. The van der Waals surface area contributed by atoms with Gasteiger partial charge in [0.2, 0.25) is 10.0 Å². The Morgan fingerprint density at radius 3 is 2.45 bits per heavy atom. The van der Waals surface area contributed by atoms with Crippen LogP contribution >= 0.6 is 0 Å². The van der Waals surface area contributed by atoms with Gasteiger partial charge in [0.25, 0.3) is 5.91 Å². The van der Waals surface area contributed by atoms with Gasteiger partial charge in [0.15, 0.2) is 0 Å². The molecular formula is C16H22N2O3S. The van der Waals surface area contributed by atoms with E-state index >= 15 is 0 Å². The molecule has 0 spiro atoms. The molecule has 1 amide bonds. The monoisotopic (exact) mass is 322 g/mol. The summed E-state index contributed by atoms with van der Waals surface area (Å²) in [4.78, 5) is 12.3. The second-order valence-electron chi connectivity index (χ2n) is 6.34. The molecule has 5 nitrogen and oxygen atoms in total. The first-order chi connectivity index (χ1) is 10.5. The van der Waals surface area contributed by atoms with Crippen molar-refractivity contribution in [3.8, 4) is 0 Å². The second kappa shape index (κ2) is 5.91. The molecule has 2 fully saturated rings. The van der Waals surface area contributed by atoms with Crippen molar-refractivity contribution in [3.05, 3.63) is 29.8 Å². The van der Waals surface area contributed by atoms with Gasteiger partial charge in [-0.3, -0.25) is 9.52 Å². The maximum Gasteiger partial charge on any atom is 0.251 e. The molecule has 0 unspecified atom stereocenters. The lowest BCUT2D eigenvalue weighted by Gasteiger charge is -2.22. The number of hydrogen-bond acceptors (Lipinski definition) is 3. The summed E-state index contributed by atoms with van der Waals surface area (Å²) in [5.74, 6) is 1.40. The summed E-state index contributed by atoms with van der Waals surface area (Å²) < 4.78 is 25.5. The molecule has 1 aromatic rings. The highest BCUT2D eigenvalue weighted by Gasteiger charge is 2.40. The minimum Gasteiger partial charge on any atom is -0.349 e. The third-order valence-electron chi connectivity index (χ3n) is 4.86. The van der Waals surface area contributed by atoms with Crippen LogP contribution in [0.2, 0.25) is 0 Å². The van der Waals surface area contributed by atoms with Crippen molar-refractivity contribution < 1.29 is 13.2 Å². The average molecular weight is 322 g/mol. The van der Waals surface area contributed by atoms with Crippen LogP contribution in [0.15, 0.2) is 24.3 Å². The number of sulfonamides is 1. The fourth-order valence-corrected chi connectivity index (χ4v) is 4.25. The van der Waals surface area contributed by atoms with Crippen molar-refractivity contribution in [2.75, 3.05) is 10.5 Å². The van der Waals surface area contributed by atoms with Gasteiger partial charge in [0.1, 0.15) is 0 Å². The molecule has 0 aliphatic heterocycles. The minimum absolute atomic E-state index is 0.0273. The third kappa shape index (κ3) is 3.27. The minimum atomic E-state index is -3.28. The Hall–Kier alpha value is -1.56. The lowest BCUT2D eigenvalue weighted by molar-refractivity contribution is 0.0923. The largest absolute Gasteiger partial charge is 0.349 e. The van der Waals surface area contributed by atoms with E-state index in [9.17, 15) is 13.2 Å². The van der Waals surface area contributed by atoms with Crippen molar-refractivity contribution in [2.24, 2.45) is 11.8 Å². The first-order valence-corrected chi connectivity index (χ1v) is 9.53. The van der Waals surface area contributed by atoms with Crippen LogP contribution in [0.25, 0.3) is 0 Å². The molecule has 0 heterocycles. The van der Waals surface area contributed by atoms with Gasteiger partial charge in [-0.15, -0.1) is 0 Å². The maximum atomic E-state index is 12.3. The van der Waals surface area contributed by atoms with Gasteiger partial charge >= 0.3 is 0 Å². The van der Waals surface area contributed by atoms with Gasteiger partial charge in [-0.25, -0.2) is 8.42 Å². The number of benzene rings is 1. The molecular weight excluding hydrogens is 300 g/mol. The molecule has 2 aliphatic rings. The van der Waals surface area contributed by atoms with E-state index in [1.54, 1.807) is 31.2 Å². The third-order valence-corrected chi connectivity index (χ3v) is 6.16. The Kier molecular flexibility index (Phi) is 4.12. The highest BCUT2D eigenvalue weighted by Crippen LogP contribution is 2.44. The van der Waals surface area contributed by atoms with E-state index in [2.05, 4.69) is 10.0 Å². The van der Waals surface area contributed by atoms with Crippen molar-refractivity contribution in [2.45, 2.75) is 38.6 Å². The van der Waals surface area contributed by atoms with Crippen LogP contribution in [-0.2, 0) is 10.0 Å². The standard InChI is InChI=1S/C16H22N2O3S/c1-2-22(20,21)18-14-7-5-12(6-8-14)16(19)17-15-10-11-3-4-13(15)9-11/h5-8,11,13,15,18H,2-4,9-10H2,1H3,(H,17,19)/t11-,13-,15-/m1/s1. The Morgan fingerprint density at radius 2 is 1.91 bits per heavy atom. The molecule has 3 rings (SSSR count). The number of carbonyl (C=O) groups excluding carboxylic acids is 1. The van der Waals surface area contributed by atoms with E-state index in [-0.39, 0.29) is 11.7 Å². The Bertz CT molecular complexity index is 654. The quantitative estimate of drug-likeness (QED) is 0.874. The van der Waals surface area contributed by atoms with Crippen molar-refractivity contribution in [3.63, 3.8) is 0 Å². The zero-order valence-electron chi connectivity index (χ0n) is 12.7. The summed E-state index contributed by atoms with van der Waals surface area (Å²) in [6, 6.07) is 6.89. The Morgan fingerprint density at radius 1 is 1.18 bits per heavy atom. The van der Waals surface area contributed by atoms with E-state index in [4.69, 9.17) is 0 Å².